The molecule has 7 nitrogen and oxygen atoms in total. The highest BCUT2D eigenvalue weighted by Gasteiger charge is 2.13. The van der Waals surface area contributed by atoms with E-state index in [1.54, 1.807) is 48.5 Å². The average molecular weight is 496 g/mol. The van der Waals surface area contributed by atoms with Crippen LogP contribution in [0.4, 0.5) is 5.69 Å². The van der Waals surface area contributed by atoms with Gasteiger partial charge in [-0.15, -0.1) is 0 Å². The Kier molecular flexibility index (Phi) is 6.42. The van der Waals surface area contributed by atoms with Crippen LogP contribution in [0.5, 0.6) is 23.0 Å². The van der Waals surface area contributed by atoms with Crippen LogP contribution in [0.3, 0.4) is 0 Å². The molecular formula is C24H18BrNO6. The summed E-state index contributed by atoms with van der Waals surface area (Å²) in [5.74, 6) is 1.15. The Morgan fingerprint density at radius 2 is 1.75 bits per heavy atom. The number of nitrogens with one attached hydrogen (secondary N) is 1. The van der Waals surface area contributed by atoms with E-state index in [9.17, 15) is 9.59 Å². The lowest BCUT2D eigenvalue weighted by atomic mass is 10.2. The molecule has 0 saturated heterocycles. The van der Waals surface area contributed by atoms with E-state index in [2.05, 4.69) is 21.2 Å². The standard InChI is InChI=1S/C24H18BrNO6/c1-29-20-9-5-3-7-18(20)26-23(27)14-30-15-10-11-16-21(12-15)31-13-22(24(16)28)32-19-8-4-2-6-17(19)25/h2-13H,14H2,1H3,(H,26,27). The number of carbonyl (C=O) groups excluding carboxylic acids is 1. The smallest absolute Gasteiger partial charge is 0.262 e. The first-order valence-electron chi connectivity index (χ1n) is 9.59. The largest absolute Gasteiger partial charge is 0.495 e. The molecule has 32 heavy (non-hydrogen) atoms. The Morgan fingerprint density at radius 3 is 2.53 bits per heavy atom. The van der Waals surface area contributed by atoms with Gasteiger partial charge < -0.3 is 23.9 Å². The van der Waals surface area contributed by atoms with Gasteiger partial charge in [0.25, 0.3) is 5.91 Å². The highest BCUT2D eigenvalue weighted by molar-refractivity contribution is 9.10. The number of benzene rings is 3. The molecule has 0 atom stereocenters. The summed E-state index contributed by atoms with van der Waals surface area (Å²) < 4.78 is 22.7. The van der Waals surface area contributed by atoms with E-state index in [0.717, 1.165) is 4.47 Å². The van der Waals surface area contributed by atoms with Gasteiger partial charge in [-0.2, -0.15) is 0 Å². The first kappa shape index (κ1) is 21.5. The van der Waals surface area contributed by atoms with Crippen LogP contribution in [0.1, 0.15) is 0 Å². The first-order chi connectivity index (χ1) is 15.5. The van der Waals surface area contributed by atoms with E-state index in [-0.39, 0.29) is 23.7 Å². The van der Waals surface area contributed by atoms with Gasteiger partial charge in [0.1, 0.15) is 29.1 Å². The molecular weight excluding hydrogens is 478 g/mol. The summed E-state index contributed by atoms with van der Waals surface area (Å²) >= 11 is 3.38. The fraction of sp³-hybridized carbons (Fsp3) is 0.0833. The lowest BCUT2D eigenvalue weighted by Gasteiger charge is -2.11. The van der Waals surface area contributed by atoms with Crippen LogP contribution < -0.4 is 25.0 Å². The van der Waals surface area contributed by atoms with E-state index in [1.165, 1.54) is 13.4 Å². The normalized spacial score (nSPS) is 10.6. The summed E-state index contributed by atoms with van der Waals surface area (Å²) in [5.41, 5.74) is 0.547. The zero-order valence-corrected chi connectivity index (χ0v) is 18.5. The molecule has 0 unspecified atom stereocenters. The molecule has 1 heterocycles. The number of hydrogen-bond acceptors (Lipinski definition) is 6. The summed E-state index contributed by atoms with van der Waals surface area (Å²) in [6.07, 6.45) is 1.25. The molecule has 1 aromatic heterocycles. The Hall–Kier alpha value is -3.78. The van der Waals surface area contributed by atoms with Crippen LogP contribution in [0, 0.1) is 0 Å². The van der Waals surface area contributed by atoms with E-state index >= 15 is 0 Å². The molecule has 4 rings (SSSR count). The summed E-state index contributed by atoms with van der Waals surface area (Å²) in [4.78, 5) is 25.0. The molecule has 0 saturated carbocycles. The molecule has 0 fully saturated rings. The number of carbonyl (C=O) groups is 1. The van der Waals surface area contributed by atoms with Crippen molar-refractivity contribution in [2.75, 3.05) is 19.0 Å². The second-order valence-corrected chi connectivity index (χ2v) is 7.51. The van der Waals surface area contributed by atoms with Crippen molar-refractivity contribution < 1.29 is 23.4 Å². The number of amides is 1. The molecule has 0 aliphatic rings. The van der Waals surface area contributed by atoms with Crippen LogP contribution in [-0.4, -0.2) is 19.6 Å². The van der Waals surface area contributed by atoms with Crippen molar-refractivity contribution >= 4 is 38.5 Å². The topological polar surface area (TPSA) is 87.0 Å². The van der Waals surface area contributed by atoms with Crippen molar-refractivity contribution in [3.8, 4) is 23.0 Å². The zero-order valence-electron chi connectivity index (χ0n) is 17.0. The molecule has 1 amide bonds. The maximum atomic E-state index is 12.8. The predicted octanol–water partition coefficient (Wildman–Crippen LogP) is 5.37. The quantitative estimate of drug-likeness (QED) is 0.370. The second kappa shape index (κ2) is 9.57. The highest BCUT2D eigenvalue weighted by Crippen LogP contribution is 2.29. The summed E-state index contributed by atoms with van der Waals surface area (Å²) in [6, 6.07) is 19.0. The number of rotatable bonds is 7. The molecule has 0 radical (unpaired) electrons. The maximum Gasteiger partial charge on any atom is 0.262 e. The van der Waals surface area contributed by atoms with Gasteiger partial charge in [-0.05, 0) is 52.3 Å². The molecule has 0 bridgehead atoms. The van der Waals surface area contributed by atoms with Gasteiger partial charge in [-0.25, -0.2) is 0 Å². The first-order valence-corrected chi connectivity index (χ1v) is 10.4. The lowest BCUT2D eigenvalue weighted by Crippen LogP contribution is -2.20. The number of halogens is 1. The van der Waals surface area contributed by atoms with Crippen molar-refractivity contribution in [2.24, 2.45) is 0 Å². The SMILES string of the molecule is COc1ccccc1NC(=O)COc1ccc2c(=O)c(Oc3ccccc3Br)coc2c1. The van der Waals surface area contributed by atoms with Gasteiger partial charge in [0, 0.05) is 6.07 Å². The molecule has 4 aromatic rings. The minimum Gasteiger partial charge on any atom is -0.495 e. The molecule has 0 aliphatic carbocycles. The summed E-state index contributed by atoms with van der Waals surface area (Å²) in [6.45, 7) is -0.225. The van der Waals surface area contributed by atoms with Crippen molar-refractivity contribution in [2.45, 2.75) is 0 Å². The number of hydrogen-bond donors (Lipinski definition) is 1. The number of para-hydroxylation sites is 3. The fourth-order valence-electron chi connectivity index (χ4n) is 2.98. The molecule has 162 valence electrons. The predicted molar refractivity (Wildman–Crippen MR) is 124 cm³/mol. The van der Waals surface area contributed by atoms with Gasteiger partial charge in [-0.1, -0.05) is 24.3 Å². The molecule has 3 aromatic carbocycles. The average Bonchev–Trinajstić information content (AvgIpc) is 2.81. The van der Waals surface area contributed by atoms with Gasteiger partial charge >= 0.3 is 0 Å². The monoisotopic (exact) mass is 495 g/mol. The zero-order chi connectivity index (χ0) is 22.5. The Balaban J connectivity index is 1.46. The minimum absolute atomic E-state index is 0.0641. The minimum atomic E-state index is -0.353. The maximum absolute atomic E-state index is 12.8. The Bertz CT molecular complexity index is 1330. The molecule has 0 spiro atoms. The van der Waals surface area contributed by atoms with Crippen molar-refractivity contribution in [1.82, 2.24) is 0 Å². The number of fused-ring (bicyclic) bond motifs is 1. The van der Waals surface area contributed by atoms with Crippen LogP contribution in [0.15, 0.2) is 86.7 Å². The lowest BCUT2D eigenvalue weighted by molar-refractivity contribution is -0.118. The summed E-state index contributed by atoms with van der Waals surface area (Å²) in [7, 11) is 1.53. The van der Waals surface area contributed by atoms with Gasteiger partial charge in [0.15, 0.2) is 6.61 Å². The molecule has 0 aliphatic heterocycles. The highest BCUT2D eigenvalue weighted by atomic mass is 79.9. The van der Waals surface area contributed by atoms with E-state index in [1.807, 2.05) is 18.2 Å². The number of anilines is 1. The van der Waals surface area contributed by atoms with E-state index < -0.39 is 0 Å². The third-order valence-electron chi connectivity index (χ3n) is 4.52. The number of methoxy groups -OCH3 is 1. The van der Waals surface area contributed by atoms with Gasteiger partial charge in [-0.3, -0.25) is 9.59 Å². The van der Waals surface area contributed by atoms with Crippen LogP contribution in [0.2, 0.25) is 0 Å². The molecule has 1 N–H and O–H groups in total. The van der Waals surface area contributed by atoms with E-state index in [4.69, 9.17) is 18.6 Å². The van der Waals surface area contributed by atoms with Crippen molar-refractivity contribution in [3.63, 3.8) is 0 Å². The van der Waals surface area contributed by atoms with E-state index in [0.29, 0.717) is 33.9 Å². The summed E-state index contributed by atoms with van der Waals surface area (Å²) in [5, 5.41) is 3.06. The van der Waals surface area contributed by atoms with Crippen LogP contribution >= 0.6 is 15.9 Å². The third kappa shape index (κ3) is 4.76. The van der Waals surface area contributed by atoms with Gasteiger partial charge in [0.2, 0.25) is 11.2 Å². The number of ether oxygens (including phenoxy) is 3. The second-order valence-electron chi connectivity index (χ2n) is 6.66. The van der Waals surface area contributed by atoms with Gasteiger partial charge in [0.05, 0.1) is 22.7 Å². The van der Waals surface area contributed by atoms with Crippen molar-refractivity contribution in [3.05, 3.63) is 87.7 Å². The van der Waals surface area contributed by atoms with Crippen LogP contribution in [0.25, 0.3) is 11.0 Å². The molecule has 8 heteroatoms. The Morgan fingerprint density at radius 1 is 1.00 bits per heavy atom. The van der Waals surface area contributed by atoms with Crippen molar-refractivity contribution in [1.29, 1.82) is 0 Å². The fourth-order valence-corrected chi connectivity index (χ4v) is 3.35. The third-order valence-corrected chi connectivity index (χ3v) is 5.18. The Labute approximate surface area is 191 Å². The van der Waals surface area contributed by atoms with Crippen LogP contribution in [-0.2, 0) is 4.79 Å².